The first-order valence-corrected chi connectivity index (χ1v) is 7.36. The lowest BCUT2D eigenvalue weighted by Gasteiger charge is -2.11. The van der Waals surface area contributed by atoms with Crippen molar-refractivity contribution in [2.75, 3.05) is 26.1 Å². The Morgan fingerprint density at radius 2 is 2.17 bits per heavy atom. The highest BCUT2D eigenvalue weighted by Crippen LogP contribution is 2.36. The number of hydrogen-bond donors (Lipinski definition) is 0. The van der Waals surface area contributed by atoms with E-state index in [2.05, 4.69) is 0 Å². The minimum atomic E-state index is -0.0151. The van der Waals surface area contributed by atoms with E-state index in [-0.39, 0.29) is 6.29 Å². The van der Waals surface area contributed by atoms with E-state index in [4.69, 9.17) is 25.8 Å². The van der Waals surface area contributed by atoms with Crippen LogP contribution in [0.2, 0.25) is 5.02 Å². The fourth-order valence-electron chi connectivity index (χ4n) is 1.79. The van der Waals surface area contributed by atoms with Crippen LogP contribution in [0.4, 0.5) is 0 Å². The summed E-state index contributed by atoms with van der Waals surface area (Å²) in [5.41, 5.74) is 0. The van der Waals surface area contributed by atoms with Crippen molar-refractivity contribution in [3.8, 4) is 5.75 Å². The Morgan fingerprint density at radius 1 is 1.39 bits per heavy atom. The van der Waals surface area contributed by atoms with Crippen molar-refractivity contribution in [2.45, 2.75) is 24.0 Å². The van der Waals surface area contributed by atoms with Gasteiger partial charge in [-0.05, 0) is 30.7 Å². The zero-order valence-corrected chi connectivity index (χ0v) is 11.9. The largest absolute Gasteiger partial charge is 0.496 e. The van der Waals surface area contributed by atoms with Gasteiger partial charge in [-0.15, -0.1) is 11.8 Å². The summed E-state index contributed by atoms with van der Waals surface area (Å²) in [5.74, 6) is 1.81. The molecule has 1 fully saturated rings. The molecule has 0 amide bonds. The maximum absolute atomic E-state index is 6.16. The van der Waals surface area contributed by atoms with Crippen LogP contribution in [-0.4, -0.2) is 32.4 Å². The minimum Gasteiger partial charge on any atom is -0.496 e. The summed E-state index contributed by atoms with van der Waals surface area (Å²) in [5, 5.41) is 0.743. The van der Waals surface area contributed by atoms with Crippen molar-refractivity contribution in [2.24, 2.45) is 0 Å². The van der Waals surface area contributed by atoms with Crippen LogP contribution >= 0.6 is 23.4 Å². The lowest BCUT2D eigenvalue weighted by atomic mass is 10.3. The molecule has 0 bridgehead atoms. The van der Waals surface area contributed by atoms with E-state index in [9.17, 15) is 0 Å². The van der Waals surface area contributed by atoms with E-state index in [1.807, 2.05) is 18.2 Å². The molecule has 1 aromatic carbocycles. The standard InChI is InChI=1S/C13H17ClO3S/c1-15-11-5-2-4-10(14)13(11)18-9-3-6-12-16-7-8-17-12/h2,4-5,12H,3,6-9H2,1H3. The molecular weight excluding hydrogens is 272 g/mol. The van der Waals surface area contributed by atoms with Crippen LogP contribution in [-0.2, 0) is 9.47 Å². The Hall–Kier alpha value is -0.420. The summed E-state index contributed by atoms with van der Waals surface area (Å²) in [7, 11) is 1.66. The fourth-order valence-corrected chi connectivity index (χ4v) is 3.13. The van der Waals surface area contributed by atoms with E-state index in [1.54, 1.807) is 18.9 Å². The lowest BCUT2D eigenvalue weighted by Crippen LogP contribution is -2.07. The van der Waals surface area contributed by atoms with Crippen LogP contribution in [0.15, 0.2) is 23.1 Å². The highest BCUT2D eigenvalue weighted by Gasteiger charge is 2.15. The Kier molecular flexibility index (Phi) is 5.63. The predicted molar refractivity (Wildman–Crippen MR) is 73.7 cm³/mol. The topological polar surface area (TPSA) is 27.7 Å². The molecule has 0 aromatic heterocycles. The van der Waals surface area contributed by atoms with Gasteiger partial charge in [-0.1, -0.05) is 17.7 Å². The Balaban J connectivity index is 1.78. The van der Waals surface area contributed by atoms with Crippen molar-refractivity contribution < 1.29 is 14.2 Å². The van der Waals surface area contributed by atoms with Crippen LogP contribution in [0.1, 0.15) is 12.8 Å². The molecule has 0 aliphatic carbocycles. The van der Waals surface area contributed by atoms with Gasteiger partial charge >= 0.3 is 0 Å². The molecule has 0 radical (unpaired) electrons. The SMILES string of the molecule is COc1cccc(Cl)c1SCCCC1OCCO1. The average Bonchev–Trinajstić information content (AvgIpc) is 2.89. The molecular formula is C13H17ClO3S. The van der Waals surface area contributed by atoms with Crippen LogP contribution in [0.5, 0.6) is 5.75 Å². The van der Waals surface area contributed by atoms with Gasteiger partial charge in [0.15, 0.2) is 6.29 Å². The normalized spacial score (nSPS) is 16.1. The first kappa shape index (κ1) is 14.0. The summed E-state index contributed by atoms with van der Waals surface area (Å²) in [6.45, 7) is 1.44. The van der Waals surface area contributed by atoms with Crippen molar-refractivity contribution in [3.05, 3.63) is 23.2 Å². The number of hydrogen-bond acceptors (Lipinski definition) is 4. The monoisotopic (exact) mass is 288 g/mol. The molecule has 0 spiro atoms. The maximum atomic E-state index is 6.16. The van der Waals surface area contributed by atoms with E-state index >= 15 is 0 Å². The number of thioether (sulfide) groups is 1. The molecule has 0 saturated carbocycles. The van der Waals surface area contributed by atoms with E-state index in [0.29, 0.717) is 0 Å². The molecule has 1 heterocycles. The lowest BCUT2D eigenvalue weighted by molar-refractivity contribution is -0.0466. The maximum Gasteiger partial charge on any atom is 0.157 e. The second kappa shape index (κ2) is 7.24. The number of halogens is 1. The molecule has 100 valence electrons. The van der Waals surface area contributed by atoms with Gasteiger partial charge in [-0.25, -0.2) is 0 Å². The van der Waals surface area contributed by atoms with Crippen molar-refractivity contribution >= 4 is 23.4 Å². The summed E-state index contributed by atoms with van der Waals surface area (Å²) >= 11 is 7.88. The van der Waals surface area contributed by atoms with E-state index in [1.165, 1.54) is 0 Å². The van der Waals surface area contributed by atoms with Gasteiger partial charge in [0.2, 0.25) is 0 Å². The first-order valence-electron chi connectivity index (χ1n) is 6.00. The minimum absolute atomic E-state index is 0.0151. The van der Waals surface area contributed by atoms with Gasteiger partial charge in [0, 0.05) is 0 Å². The number of benzene rings is 1. The van der Waals surface area contributed by atoms with Crippen LogP contribution in [0.25, 0.3) is 0 Å². The van der Waals surface area contributed by atoms with Gasteiger partial charge in [0.1, 0.15) is 5.75 Å². The molecule has 0 N–H and O–H groups in total. The number of rotatable bonds is 6. The third-order valence-corrected chi connectivity index (χ3v) is 4.30. The van der Waals surface area contributed by atoms with Gasteiger partial charge in [-0.2, -0.15) is 0 Å². The fraction of sp³-hybridized carbons (Fsp3) is 0.538. The summed E-state index contributed by atoms with van der Waals surface area (Å²) < 4.78 is 16.1. The van der Waals surface area contributed by atoms with Crippen molar-refractivity contribution in [1.82, 2.24) is 0 Å². The molecule has 1 aliphatic heterocycles. The molecule has 5 heteroatoms. The van der Waals surface area contributed by atoms with Gasteiger partial charge in [0.05, 0.1) is 30.2 Å². The molecule has 1 aromatic rings. The molecule has 1 saturated heterocycles. The van der Waals surface area contributed by atoms with Crippen LogP contribution in [0.3, 0.4) is 0 Å². The molecule has 0 atom stereocenters. The third kappa shape index (κ3) is 3.79. The summed E-state index contributed by atoms with van der Waals surface area (Å²) in [6.07, 6.45) is 1.95. The highest BCUT2D eigenvalue weighted by molar-refractivity contribution is 7.99. The highest BCUT2D eigenvalue weighted by atomic mass is 35.5. The first-order chi connectivity index (χ1) is 8.81. The second-order valence-corrected chi connectivity index (χ2v) is 5.45. The zero-order chi connectivity index (χ0) is 12.8. The quantitative estimate of drug-likeness (QED) is 0.590. The Labute approximate surface area is 117 Å². The molecule has 18 heavy (non-hydrogen) atoms. The second-order valence-electron chi connectivity index (χ2n) is 3.93. The van der Waals surface area contributed by atoms with Crippen LogP contribution in [0, 0.1) is 0 Å². The van der Waals surface area contributed by atoms with Gasteiger partial charge in [0.25, 0.3) is 0 Å². The van der Waals surface area contributed by atoms with Gasteiger partial charge < -0.3 is 14.2 Å². The molecule has 0 unspecified atom stereocenters. The smallest absolute Gasteiger partial charge is 0.157 e. The third-order valence-electron chi connectivity index (χ3n) is 2.67. The van der Waals surface area contributed by atoms with Gasteiger partial charge in [-0.3, -0.25) is 0 Å². The predicted octanol–water partition coefficient (Wildman–Crippen LogP) is 3.59. The summed E-state index contributed by atoms with van der Waals surface area (Å²) in [6, 6.07) is 5.71. The Bertz CT molecular complexity index is 380. The number of methoxy groups -OCH3 is 1. The zero-order valence-electron chi connectivity index (χ0n) is 10.4. The molecule has 2 rings (SSSR count). The van der Waals surface area contributed by atoms with Crippen molar-refractivity contribution in [3.63, 3.8) is 0 Å². The summed E-state index contributed by atoms with van der Waals surface area (Å²) in [4.78, 5) is 1.01. The molecule has 3 nitrogen and oxygen atoms in total. The van der Waals surface area contributed by atoms with E-state index < -0.39 is 0 Å². The number of ether oxygens (including phenoxy) is 3. The molecule has 1 aliphatic rings. The van der Waals surface area contributed by atoms with Crippen molar-refractivity contribution in [1.29, 1.82) is 0 Å². The van der Waals surface area contributed by atoms with E-state index in [0.717, 1.165) is 47.5 Å². The average molecular weight is 289 g/mol. The van der Waals surface area contributed by atoms with Crippen LogP contribution < -0.4 is 4.74 Å². The Morgan fingerprint density at radius 3 is 2.89 bits per heavy atom.